The van der Waals surface area contributed by atoms with Crippen LogP contribution in [0.25, 0.3) is 0 Å². The van der Waals surface area contributed by atoms with E-state index in [2.05, 4.69) is 20.9 Å². The molecule has 144 valence electrons. The van der Waals surface area contributed by atoms with Crippen LogP contribution in [0, 0.1) is 13.8 Å². The third-order valence-electron chi connectivity index (χ3n) is 4.56. The van der Waals surface area contributed by atoms with Gasteiger partial charge in [0.15, 0.2) is 5.69 Å². The maximum atomic E-state index is 12.6. The number of carbonyl (C=O) groups is 2. The lowest BCUT2D eigenvalue weighted by molar-refractivity contribution is -0.117. The van der Waals surface area contributed by atoms with Crippen molar-refractivity contribution in [1.82, 2.24) is 15.0 Å². The molecule has 0 aliphatic heterocycles. The van der Waals surface area contributed by atoms with Crippen molar-refractivity contribution in [2.24, 2.45) is 0 Å². The van der Waals surface area contributed by atoms with Crippen LogP contribution in [0.3, 0.4) is 0 Å². The number of aromatic nitrogens is 3. The number of carbonyl (C=O) groups excluding carboxylic acids is 2. The molecule has 2 amide bonds. The van der Waals surface area contributed by atoms with E-state index in [1.807, 2.05) is 62.4 Å². The summed E-state index contributed by atoms with van der Waals surface area (Å²) >= 11 is 0. The van der Waals surface area contributed by atoms with Crippen LogP contribution in [0.2, 0.25) is 0 Å². The number of para-hydroxylation sites is 2. The third kappa shape index (κ3) is 4.25. The number of anilines is 2. The molecular formula is C21H23N5O2. The highest BCUT2D eigenvalue weighted by Gasteiger charge is 2.19. The maximum absolute atomic E-state index is 12.6. The molecule has 7 nitrogen and oxygen atoms in total. The van der Waals surface area contributed by atoms with Crippen molar-refractivity contribution in [1.29, 1.82) is 0 Å². The van der Waals surface area contributed by atoms with Gasteiger partial charge in [-0.25, -0.2) is 4.68 Å². The van der Waals surface area contributed by atoms with E-state index in [0.717, 1.165) is 28.9 Å². The second kappa shape index (κ2) is 8.47. The minimum Gasteiger partial charge on any atom is -0.324 e. The Kier molecular flexibility index (Phi) is 5.84. The Balaban J connectivity index is 1.70. The Hall–Kier alpha value is -3.48. The van der Waals surface area contributed by atoms with Crippen LogP contribution in [0.1, 0.15) is 34.2 Å². The first-order valence-corrected chi connectivity index (χ1v) is 9.14. The molecule has 0 atom stereocenters. The van der Waals surface area contributed by atoms with Gasteiger partial charge >= 0.3 is 0 Å². The highest BCUT2D eigenvalue weighted by atomic mass is 16.2. The number of hydrogen-bond acceptors (Lipinski definition) is 4. The number of rotatable bonds is 6. The molecule has 0 unspecified atom stereocenters. The van der Waals surface area contributed by atoms with Gasteiger partial charge in [-0.2, -0.15) is 0 Å². The fraction of sp³-hybridized carbons (Fsp3) is 0.238. The lowest BCUT2D eigenvalue weighted by Crippen LogP contribution is -2.21. The van der Waals surface area contributed by atoms with Crippen molar-refractivity contribution in [2.75, 3.05) is 10.6 Å². The summed E-state index contributed by atoms with van der Waals surface area (Å²) in [6.07, 6.45) is 0.807. The third-order valence-corrected chi connectivity index (χ3v) is 4.56. The van der Waals surface area contributed by atoms with E-state index in [1.54, 1.807) is 6.92 Å². The van der Waals surface area contributed by atoms with Crippen LogP contribution >= 0.6 is 0 Å². The number of aryl methyl sites for hydroxylation is 2. The van der Waals surface area contributed by atoms with E-state index in [9.17, 15) is 9.59 Å². The summed E-state index contributed by atoms with van der Waals surface area (Å²) in [6, 6.07) is 15.2. The number of nitrogens with one attached hydrogen (secondary N) is 2. The summed E-state index contributed by atoms with van der Waals surface area (Å²) in [4.78, 5) is 25.0. The number of amides is 2. The maximum Gasteiger partial charge on any atom is 0.278 e. The Morgan fingerprint density at radius 1 is 0.964 bits per heavy atom. The normalized spacial score (nSPS) is 10.5. The van der Waals surface area contributed by atoms with Gasteiger partial charge in [-0.05, 0) is 43.5 Å². The molecular weight excluding hydrogens is 354 g/mol. The predicted octanol–water partition coefficient (Wildman–Crippen LogP) is 3.35. The zero-order chi connectivity index (χ0) is 20.1. The van der Waals surface area contributed by atoms with Gasteiger partial charge in [0.2, 0.25) is 5.91 Å². The highest BCUT2D eigenvalue weighted by Crippen LogP contribution is 2.17. The Labute approximate surface area is 163 Å². The minimum atomic E-state index is -0.344. The van der Waals surface area contributed by atoms with Gasteiger partial charge in [-0.1, -0.05) is 48.5 Å². The molecule has 0 saturated carbocycles. The van der Waals surface area contributed by atoms with E-state index in [4.69, 9.17) is 0 Å². The second-order valence-electron chi connectivity index (χ2n) is 6.51. The van der Waals surface area contributed by atoms with Gasteiger partial charge in [0.25, 0.3) is 5.91 Å². The molecule has 3 aromatic rings. The predicted molar refractivity (Wildman–Crippen MR) is 108 cm³/mol. The summed E-state index contributed by atoms with van der Waals surface area (Å²) in [5.41, 5.74) is 4.25. The van der Waals surface area contributed by atoms with E-state index in [0.29, 0.717) is 5.69 Å². The standard InChI is InChI=1S/C21H23N5O2/c1-4-16-10-6-8-12-18(16)23-21(28)20-15(3)26(25-24-20)13-19(27)22-17-11-7-5-9-14(17)2/h5-12H,4,13H2,1-3H3,(H,22,27)(H,23,28). The topological polar surface area (TPSA) is 88.9 Å². The molecule has 1 heterocycles. The zero-order valence-corrected chi connectivity index (χ0v) is 16.2. The largest absolute Gasteiger partial charge is 0.324 e. The van der Waals surface area contributed by atoms with Gasteiger partial charge in [-0.3, -0.25) is 9.59 Å². The van der Waals surface area contributed by atoms with E-state index in [-0.39, 0.29) is 24.1 Å². The van der Waals surface area contributed by atoms with Gasteiger partial charge < -0.3 is 10.6 Å². The first-order chi connectivity index (χ1) is 13.5. The van der Waals surface area contributed by atoms with Crippen molar-refractivity contribution >= 4 is 23.2 Å². The van der Waals surface area contributed by atoms with Crippen LogP contribution in [0.4, 0.5) is 11.4 Å². The average Bonchev–Trinajstić information content (AvgIpc) is 3.04. The van der Waals surface area contributed by atoms with E-state index in [1.165, 1.54) is 4.68 Å². The summed E-state index contributed by atoms with van der Waals surface area (Å²) in [6.45, 7) is 5.65. The molecule has 2 N–H and O–H groups in total. The van der Waals surface area contributed by atoms with E-state index < -0.39 is 0 Å². The molecule has 7 heteroatoms. The van der Waals surface area contributed by atoms with Crippen LogP contribution in [-0.2, 0) is 17.8 Å². The first-order valence-electron chi connectivity index (χ1n) is 9.14. The molecule has 3 rings (SSSR count). The molecule has 0 bridgehead atoms. The summed E-state index contributed by atoms with van der Waals surface area (Å²) in [5, 5.41) is 13.7. The number of hydrogen-bond donors (Lipinski definition) is 2. The lowest BCUT2D eigenvalue weighted by Gasteiger charge is -2.09. The minimum absolute atomic E-state index is 0.0218. The van der Waals surface area contributed by atoms with Gasteiger partial charge in [0.1, 0.15) is 6.54 Å². The molecule has 1 aromatic heterocycles. The van der Waals surface area contributed by atoms with Crippen molar-refractivity contribution < 1.29 is 9.59 Å². The molecule has 0 fully saturated rings. The van der Waals surface area contributed by atoms with Crippen molar-refractivity contribution in [3.05, 3.63) is 71.0 Å². The first kappa shape index (κ1) is 19.3. The van der Waals surface area contributed by atoms with Crippen molar-refractivity contribution in [2.45, 2.75) is 33.7 Å². The molecule has 28 heavy (non-hydrogen) atoms. The lowest BCUT2D eigenvalue weighted by atomic mass is 10.1. The summed E-state index contributed by atoms with van der Waals surface area (Å²) < 4.78 is 1.42. The highest BCUT2D eigenvalue weighted by molar-refractivity contribution is 6.04. The van der Waals surface area contributed by atoms with Crippen LogP contribution in [0.5, 0.6) is 0 Å². The fourth-order valence-corrected chi connectivity index (χ4v) is 2.89. The van der Waals surface area contributed by atoms with Crippen LogP contribution < -0.4 is 10.6 Å². The average molecular weight is 377 g/mol. The van der Waals surface area contributed by atoms with Gasteiger partial charge in [-0.15, -0.1) is 5.10 Å². The second-order valence-corrected chi connectivity index (χ2v) is 6.51. The molecule has 0 spiro atoms. The van der Waals surface area contributed by atoms with Crippen molar-refractivity contribution in [3.63, 3.8) is 0 Å². The quantitative estimate of drug-likeness (QED) is 0.689. The molecule has 0 aliphatic rings. The fourth-order valence-electron chi connectivity index (χ4n) is 2.89. The molecule has 0 radical (unpaired) electrons. The smallest absolute Gasteiger partial charge is 0.278 e. The van der Waals surface area contributed by atoms with Crippen LogP contribution in [0.15, 0.2) is 48.5 Å². The Morgan fingerprint density at radius 3 is 2.36 bits per heavy atom. The van der Waals surface area contributed by atoms with Gasteiger partial charge in [0, 0.05) is 11.4 Å². The molecule has 0 saturated heterocycles. The molecule has 2 aromatic carbocycles. The Morgan fingerprint density at radius 2 is 1.64 bits per heavy atom. The SMILES string of the molecule is CCc1ccccc1NC(=O)c1nnn(CC(=O)Nc2ccccc2C)c1C. The molecule has 0 aliphatic carbocycles. The van der Waals surface area contributed by atoms with E-state index >= 15 is 0 Å². The Bertz CT molecular complexity index is 1010. The van der Waals surface area contributed by atoms with Crippen LogP contribution in [-0.4, -0.2) is 26.8 Å². The number of benzene rings is 2. The van der Waals surface area contributed by atoms with Crippen molar-refractivity contribution in [3.8, 4) is 0 Å². The monoisotopic (exact) mass is 377 g/mol. The summed E-state index contributed by atoms with van der Waals surface area (Å²) in [7, 11) is 0. The van der Waals surface area contributed by atoms with Gasteiger partial charge in [0.05, 0.1) is 5.69 Å². The zero-order valence-electron chi connectivity index (χ0n) is 16.2. The summed E-state index contributed by atoms with van der Waals surface area (Å²) in [5.74, 6) is -0.574. The number of nitrogens with zero attached hydrogens (tertiary/aromatic N) is 3.